The van der Waals surface area contributed by atoms with E-state index in [1.54, 1.807) is 6.92 Å². The van der Waals surface area contributed by atoms with E-state index in [4.69, 9.17) is 5.11 Å². The average molecular weight is 310 g/mol. The van der Waals surface area contributed by atoms with Crippen LogP contribution in [0.15, 0.2) is 12.1 Å². The van der Waals surface area contributed by atoms with Crippen LogP contribution >= 0.6 is 11.8 Å². The van der Waals surface area contributed by atoms with Crippen molar-refractivity contribution < 1.29 is 14.7 Å². The van der Waals surface area contributed by atoms with Crippen molar-refractivity contribution in [1.82, 2.24) is 10.3 Å². The van der Waals surface area contributed by atoms with Crippen LogP contribution in [0.2, 0.25) is 0 Å². The molecule has 0 atom stereocenters. The fourth-order valence-corrected chi connectivity index (χ4v) is 2.69. The highest BCUT2D eigenvalue weighted by atomic mass is 32.2. The van der Waals surface area contributed by atoms with Gasteiger partial charge in [0.2, 0.25) is 0 Å². The van der Waals surface area contributed by atoms with Gasteiger partial charge in [0, 0.05) is 6.54 Å². The summed E-state index contributed by atoms with van der Waals surface area (Å²) >= 11 is 1.88. The number of aryl methyl sites for hydroxylation is 1. The molecular formula is C15H22N2O3S. The topological polar surface area (TPSA) is 79.3 Å². The standard InChI is InChI=1S/C15H22N2O3S/c1-10(2)9-21-8-4-7-16-14(18)13-6-5-12(15(19)20)11(3)17-13/h5-6,10H,4,7-9H2,1-3H3,(H,16,18)(H,19,20). The van der Waals surface area contributed by atoms with Gasteiger partial charge in [-0.1, -0.05) is 13.8 Å². The van der Waals surface area contributed by atoms with Crippen LogP contribution in [0.4, 0.5) is 0 Å². The molecule has 1 heterocycles. The van der Waals surface area contributed by atoms with E-state index in [0.717, 1.165) is 17.9 Å². The van der Waals surface area contributed by atoms with Crippen molar-refractivity contribution in [2.24, 2.45) is 5.92 Å². The van der Waals surface area contributed by atoms with Gasteiger partial charge in [-0.3, -0.25) is 4.79 Å². The molecule has 0 aliphatic rings. The minimum atomic E-state index is -1.03. The number of thioether (sulfide) groups is 1. The lowest BCUT2D eigenvalue weighted by Gasteiger charge is -2.07. The van der Waals surface area contributed by atoms with Crippen LogP contribution in [-0.4, -0.2) is 40.0 Å². The Kier molecular flexibility index (Phi) is 7.22. The molecule has 0 spiro atoms. The van der Waals surface area contributed by atoms with Crippen molar-refractivity contribution >= 4 is 23.6 Å². The van der Waals surface area contributed by atoms with Gasteiger partial charge in [0.05, 0.1) is 11.3 Å². The Bertz CT molecular complexity index is 504. The van der Waals surface area contributed by atoms with E-state index in [2.05, 4.69) is 24.1 Å². The minimum Gasteiger partial charge on any atom is -0.478 e. The Morgan fingerprint density at radius 2 is 2.10 bits per heavy atom. The maximum Gasteiger partial charge on any atom is 0.337 e. The van der Waals surface area contributed by atoms with Crippen LogP contribution in [0.5, 0.6) is 0 Å². The molecule has 6 heteroatoms. The number of carboxylic acid groups (broad SMARTS) is 1. The van der Waals surface area contributed by atoms with Crippen LogP contribution in [0, 0.1) is 12.8 Å². The molecule has 116 valence electrons. The molecule has 0 aliphatic carbocycles. The van der Waals surface area contributed by atoms with Gasteiger partial charge in [-0.15, -0.1) is 0 Å². The lowest BCUT2D eigenvalue weighted by Crippen LogP contribution is -2.26. The zero-order valence-corrected chi connectivity index (χ0v) is 13.5. The number of carbonyl (C=O) groups excluding carboxylic acids is 1. The van der Waals surface area contributed by atoms with E-state index < -0.39 is 5.97 Å². The molecule has 0 radical (unpaired) electrons. The van der Waals surface area contributed by atoms with Crippen LogP contribution in [0.25, 0.3) is 0 Å². The highest BCUT2D eigenvalue weighted by Crippen LogP contribution is 2.09. The number of aromatic carboxylic acids is 1. The molecule has 1 aromatic heterocycles. The van der Waals surface area contributed by atoms with Gasteiger partial charge in [-0.25, -0.2) is 9.78 Å². The van der Waals surface area contributed by atoms with Crippen molar-refractivity contribution in [2.45, 2.75) is 27.2 Å². The van der Waals surface area contributed by atoms with Gasteiger partial charge in [-0.2, -0.15) is 11.8 Å². The van der Waals surface area contributed by atoms with Crippen LogP contribution in [0.1, 0.15) is 46.8 Å². The molecule has 0 saturated carbocycles. The van der Waals surface area contributed by atoms with Gasteiger partial charge >= 0.3 is 5.97 Å². The average Bonchev–Trinajstić information content (AvgIpc) is 2.41. The number of rotatable bonds is 8. The van der Waals surface area contributed by atoms with Crippen molar-refractivity contribution in [1.29, 1.82) is 0 Å². The van der Waals surface area contributed by atoms with Crippen molar-refractivity contribution in [3.63, 3.8) is 0 Å². The summed E-state index contributed by atoms with van der Waals surface area (Å²) in [7, 11) is 0. The van der Waals surface area contributed by atoms with Gasteiger partial charge in [0.25, 0.3) is 5.91 Å². The van der Waals surface area contributed by atoms with E-state index in [9.17, 15) is 9.59 Å². The summed E-state index contributed by atoms with van der Waals surface area (Å²) in [6, 6.07) is 2.86. The molecule has 2 N–H and O–H groups in total. The number of carbonyl (C=O) groups is 2. The van der Waals surface area contributed by atoms with E-state index in [1.165, 1.54) is 12.1 Å². The first-order valence-corrected chi connectivity index (χ1v) is 8.14. The number of pyridine rings is 1. The summed E-state index contributed by atoms with van der Waals surface area (Å²) < 4.78 is 0. The number of aromatic nitrogens is 1. The molecule has 0 saturated heterocycles. The van der Waals surface area contributed by atoms with Crippen molar-refractivity contribution in [2.75, 3.05) is 18.1 Å². The molecule has 0 bridgehead atoms. The smallest absolute Gasteiger partial charge is 0.337 e. The van der Waals surface area contributed by atoms with Crippen LogP contribution in [0.3, 0.4) is 0 Å². The highest BCUT2D eigenvalue weighted by Gasteiger charge is 2.12. The number of carboxylic acids is 1. The predicted molar refractivity (Wildman–Crippen MR) is 85.0 cm³/mol. The van der Waals surface area contributed by atoms with E-state index >= 15 is 0 Å². The zero-order valence-electron chi connectivity index (χ0n) is 12.7. The first-order valence-electron chi connectivity index (χ1n) is 6.98. The summed E-state index contributed by atoms with van der Waals surface area (Å²) in [5.74, 6) is 1.54. The summed E-state index contributed by atoms with van der Waals surface area (Å²) in [6.07, 6.45) is 0.912. The number of nitrogens with zero attached hydrogens (tertiary/aromatic N) is 1. The van der Waals surface area contributed by atoms with Gasteiger partial charge in [-0.05, 0) is 42.9 Å². The first-order chi connectivity index (χ1) is 9.91. The third-order valence-corrected chi connectivity index (χ3v) is 4.23. The molecule has 5 nitrogen and oxygen atoms in total. The molecule has 21 heavy (non-hydrogen) atoms. The molecule has 0 aromatic carbocycles. The largest absolute Gasteiger partial charge is 0.478 e. The second kappa shape index (κ2) is 8.67. The zero-order chi connectivity index (χ0) is 15.8. The second-order valence-corrected chi connectivity index (χ2v) is 6.36. The van der Waals surface area contributed by atoms with Gasteiger partial charge < -0.3 is 10.4 Å². The SMILES string of the molecule is Cc1nc(C(=O)NCCCSCC(C)C)ccc1C(=O)O. The second-order valence-electron chi connectivity index (χ2n) is 5.21. The predicted octanol–water partition coefficient (Wildman–Crippen LogP) is 2.60. The van der Waals surface area contributed by atoms with E-state index in [0.29, 0.717) is 18.2 Å². The molecule has 0 fully saturated rings. The third-order valence-electron chi connectivity index (χ3n) is 2.75. The molecule has 1 aromatic rings. The lowest BCUT2D eigenvalue weighted by molar-refractivity contribution is 0.0694. The van der Waals surface area contributed by atoms with Gasteiger partial charge in [0.15, 0.2) is 0 Å². The highest BCUT2D eigenvalue weighted by molar-refractivity contribution is 7.99. The Morgan fingerprint density at radius 3 is 2.67 bits per heavy atom. The number of nitrogens with one attached hydrogen (secondary N) is 1. The van der Waals surface area contributed by atoms with Crippen LogP contribution in [-0.2, 0) is 0 Å². The van der Waals surface area contributed by atoms with Gasteiger partial charge in [0.1, 0.15) is 5.69 Å². The van der Waals surface area contributed by atoms with E-state index in [1.807, 2.05) is 11.8 Å². The number of amides is 1. The Labute approximate surface area is 129 Å². The normalized spacial score (nSPS) is 10.7. The summed E-state index contributed by atoms with van der Waals surface area (Å²) in [5, 5.41) is 11.7. The monoisotopic (exact) mass is 310 g/mol. The minimum absolute atomic E-state index is 0.122. The first kappa shape index (κ1) is 17.5. The van der Waals surface area contributed by atoms with Crippen molar-refractivity contribution in [3.8, 4) is 0 Å². The molecular weight excluding hydrogens is 288 g/mol. The summed E-state index contributed by atoms with van der Waals surface area (Å²) in [6.45, 7) is 6.56. The quantitative estimate of drug-likeness (QED) is 0.722. The van der Waals surface area contributed by atoms with Crippen molar-refractivity contribution in [3.05, 3.63) is 29.1 Å². The van der Waals surface area contributed by atoms with Crippen LogP contribution < -0.4 is 5.32 Å². The Hall–Kier alpha value is -1.56. The molecule has 1 rings (SSSR count). The molecule has 1 amide bonds. The Morgan fingerprint density at radius 1 is 1.38 bits per heavy atom. The summed E-state index contributed by atoms with van der Waals surface area (Å²) in [4.78, 5) is 26.8. The molecule has 0 unspecified atom stereocenters. The number of hydrogen-bond acceptors (Lipinski definition) is 4. The maximum absolute atomic E-state index is 11.9. The maximum atomic E-state index is 11.9. The Balaban J connectivity index is 2.39. The number of hydrogen-bond donors (Lipinski definition) is 2. The summed E-state index contributed by atoms with van der Waals surface area (Å²) in [5.41, 5.74) is 0.728. The fourth-order valence-electron chi connectivity index (χ4n) is 1.70. The molecule has 0 aliphatic heterocycles. The van der Waals surface area contributed by atoms with E-state index in [-0.39, 0.29) is 17.2 Å². The third kappa shape index (κ3) is 6.16. The lowest BCUT2D eigenvalue weighted by atomic mass is 10.2. The fraction of sp³-hybridized carbons (Fsp3) is 0.533.